The SMILES string of the molecule is N#CCc1cccc(OC(Cl)Cl)c1. The molecule has 0 saturated heterocycles. The van der Waals surface area contributed by atoms with Crippen LogP contribution in [0.15, 0.2) is 24.3 Å². The van der Waals surface area contributed by atoms with Gasteiger partial charge >= 0.3 is 0 Å². The van der Waals surface area contributed by atoms with Crippen LogP contribution in [0.5, 0.6) is 5.75 Å². The fraction of sp³-hybridized carbons (Fsp3) is 0.222. The fourth-order valence-electron chi connectivity index (χ4n) is 0.923. The first-order chi connectivity index (χ1) is 6.22. The number of nitrogens with zero attached hydrogens (tertiary/aromatic N) is 1. The van der Waals surface area contributed by atoms with E-state index in [-0.39, 0.29) is 0 Å². The highest BCUT2D eigenvalue weighted by atomic mass is 35.5. The number of ether oxygens (including phenoxy) is 1. The summed E-state index contributed by atoms with van der Waals surface area (Å²) >= 11 is 10.8. The molecule has 1 aromatic carbocycles. The molecule has 1 aromatic rings. The molecule has 1 rings (SSSR count). The van der Waals surface area contributed by atoms with Gasteiger partial charge in [-0.3, -0.25) is 0 Å². The first kappa shape index (κ1) is 10.2. The van der Waals surface area contributed by atoms with Gasteiger partial charge in [0.15, 0.2) is 0 Å². The van der Waals surface area contributed by atoms with Gasteiger partial charge in [-0.25, -0.2) is 0 Å². The molecule has 0 spiro atoms. The molecule has 13 heavy (non-hydrogen) atoms. The summed E-state index contributed by atoms with van der Waals surface area (Å²) < 4.78 is 5.02. The van der Waals surface area contributed by atoms with Gasteiger partial charge in [-0.1, -0.05) is 35.3 Å². The van der Waals surface area contributed by atoms with Crippen molar-refractivity contribution in [2.45, 2.75) is 11.4 Å². The Morgan fingerprint density at radius 2 is 2.23 bits per heavy atom. The summed E-state index contributed by atoms with van der Waals surface area (Å²) in [5, 5.41) is 7.57. The van der Waals surface area contributed by atoms with Crippen LogP contribution in [0.2, 0.25) is 0 Å². The quantitative estimate of drug-likeness (QED) is 0.727. The highest BCUT2D eigenvalue weighted by Gasteiger charge is 2.01. The lowest BCUT2D eigenvalue weighted by molar-refractivity contribution is 0.354. The van der Waals surface area contributed by atoms with Gasteiger partial charge in [-0.05, 0) is 17.7 Å². The Kier molecular flexibility index (Phi) is 3.88. The zero-order valence-corrected chi connectivity index (χ0v) is 8.22. The Bertz CT molecular complexity index is 320. The fourth-order valence-corrected chi connectivity index (χ4v) is 1.13. The lowest BCUT2D eigenvalue weighted by atomic mass is 10.2. The van der Waals surface area contributed by atoms with Gasteiger partial charge in [0.2, 0.25) is 5.02 Å². The monoisotopic (exact) mass is 215 g/mol. The van der Waals surface area contributed by atoms with E-state index in [1.54, 1.807) is 18.2 Å². The molecule has 0 aliphatic heterocycles. The van der Waals surface area contributed by atoms with Crippen LogP contribution in [-0.2, 0) is 6.42 Å². The molecule has 0 saturated carbocycles. The van der Waals surface area contributed by atoms with Crippen LogP contribution in [0.4, 0.5) is 0 Å². The first-order valence-corrected chi connectivity index (χ1v) is 4.50. The third-order valence-corrected chi connectivity index (χ3v) is 1.58. The average molecular weight is 216 g/mol. The minimum absolute atomic E-state index is 0.354. The second-order valence-electron chi connectivity index (χ2n) is 2.36. The molecule has 0 aliphatic rings. The summed E-state index contributed by atoms with van der Waals surface area (Å²) in [7, 11) is 0. The van der Waals surface area contributed by atoms with E-state index in [0.717, 1.165) is 5.56 Å². The van der Waals surface area contributed by atoms with E-state index in [9.17, 15) is 0 Å². The number of hydrogen-bond donors (Lipinski definition) is 0. The normalized spacial score (nSPS) is 9.69. The number of hydrogen-bond acceptors (Lipinski definition) is 2. The smallest absolute Gasteiger partial charge is 0.247 e. The number of nitriles is 1. The van der Waals surface area contributed by atoms with Gasteiger partial charge in [0.1, 0.15) is 5.75 Å². The third-order valence-electron chi connectivity index (χ3n) is 1.41. The van der Waals surface area contributed by atoms with Crippen molar-refractivity contribution in [1.82, 2.24) is 0 Å². The molecule has 0 aliphatic carbocycles. The Morgan fingerprint density at radius 3 is 2.85 bits per heavy atom. The average Bonchev–Trinajstić information content (AvgIpc) is 2.04. The number of rotatable bonds is 3. The summed E-state index contributed by atoms with van der Waals surface area (Å²) in [5.41, 5.74) is 0.883. The maximum Gasteiger partial charge on any atom is 0.247 e. The molecule has 0 bridgehead atoms. The summed E-state index contributed by atoms with van der Waals surface area (Å²) in [6.07, 6.45) is 0.354. The van der Waals surface area contributed by atoms with Crippen molar-refractivity contribution < 1.29 is 4.74 Å². The summed E-state index contributed by atoms with van der Waals surface area (Å²) in [5.74, 6) is 0.572. The van der Waals surface area contributed by atoms with Gasteiger partial charge in [0, 0.05) is 0 Å². The topological polar surface area (TPSA) is 33.0 Å². The molecular formula is C9H7Cl2NO. The number of benzene rings is 1. The van der Waals surface area contributed by atoms with Crippen LogP contribution < -0.4 is 4.74 Å². The van der Waals surface area contributed by atoms with Crippen molar-refractivity contribution in [2.75, 3.05) is 0 Å². The van der Waals surface area contributed by atoms with Crippen molar-refractivity contribution in [3.8, 4) is 11.8 Å². The molecule has 0 heterocycles. The zero-order chi connectivity index (χ0) is 9.68. The molecule has 4 heteroatoms. The molecule has 0 atom stereocenters. The van der Waals surface area contributed by atoms with Crippen LogP contribution in [0, 0.1) is 11.3 Å². The minimum Gasteiger partial charge on any atom is -0.461 e. The Hall–Kier alpha value is -0.910. The lowest BCUT2D eigenvalue weighted by Gasteiger charge is -2.06. The Balaban J connectivity index is 2.74. The van der Waals surface area contributed by atoms with Crippen LogP contribution in [0.1, 0.15) is 5.56 Å². The van der Waals surface area contributed by atoms with Crippen molar-refractivity contribution in [1.29, 1.82) is 5.26 Å². The Labute approximate surface area is 86.6 Å². The minimum atomic E-state index is -0.877. The van der Waals surface area contributed by atoms with E-state index in [4.69, 9.17) is 33.2 Å². The molecule has 0 radical (unpaired) electrons. The largest absolute Gasteiger partial charge is 0.461 e. The molecule has 0 fully saturated rings. The van der Waals surface area contributed by atoms with Gasteiger partial charge in [0.25, 0.3) is 0 Å². The van der Waals surface area contributed by atoms with Crippen molar-refractivity contribution in [3.63, 3.8) is 0 Å². The van der Waals surface area contributed by atoms with Gasteiger partial charge in [0.05, 0.1) is 12.5 Å². The molecular weight excluding hydrogens is 209 g/mol. The van der Waals surface area contributed by atoms with Crippen LogP contribution in [0.3, 0.4) is 0 Å². The van der Waals surface area contributed by atoms with E-state index in [1.807, 2.05) is 12.1 Å². The maximum absolute atomic E-state index is 8.45. The molecule has 0 aromatic heterocycles. The van der Waals surface area contributed by atoms with Crippen molar-refractivity contribution >= 4 is 23.2 Å². The lowest BCUT2D eigenvalue weighted by Crippen LogP contribution is -1.99. The third kappa shape index (κ3) is 3.54. The zero-order valence-electron chi connectivity index (χ0n) is 6.71. The van der Waals surface area contributed by atoms with E-state index in [1.165, 1.54) is 0 Å². The van der Waals surface area contributed by atoms with E-state index >= 15 is 0 Å². The van der Waals surface area contributed by atoms with Gasteiger partial charge < -0.3 is 4.74 Å². The number of alkyl halides is 2. The summed E-state index contributed by atoms with van der Waals surface area (Å²) in [6, 6.07) is 9.15. The predicted molar refractivity (Wildman–Crippen MR) is 51.9 cm³/mol. The van der Waals surface area contributed by atoms with Crippen LogP contribution in [-0.4, -0.2) is 5.02 Å². The highest BCUT2D eigenvalue weighted by Crippen LogP contribution is 2.17. The van der Waals surface area contributed by atoms with Gasteiger partial charge in [-0.15, -0.1) is 0 Å². The summed E-state index contributed by atoms with van der Waals surface area (Å²) in [4.78, 5) is 0. The molecule has 0 unspecified atom stereocenters. The summed E-state index contributed by atoms with van der Waals surface area (Å²) in [6.45, 7) is 0. The number of halogens is 2. The highest BCUT2D eigenvalue weighted by molar-refractivity contribution is 6.43. The molecule has 0 N–H and O–H groups in total. The van der Waals surface area contributed by atoms with Crippen molar-refractivity contribution in [2.24, 2.45) is 0 Å². The van der Waals surface area contributed by atoms with Crippen LogP contribution in [0.25, 0.3) is 0 Å². The first-order valence-electron chi connectivity index (χ1n) is 3.63. The second kappa shape index (κ2) is 4.96. The van der Waals surface area contributed by atoms with E-state index in [0.29, 0.717) is 12.2 Å². The van der Waals surface area contributed by atoms with E-state index in [2.05, 4.69) is 0 Å². The van der Waals surface area contributed by atoms with Crippen molar-refractivity contribution in [3.05, 3.63) is 29.8 Å². The molecule has 68 valence electrons. The standard InChI is InChI=1S/C9H7Cl2NO/c10-9(11)13-8-3-1-2-7(6-8)4-5-12/h1-3,6,9H,4H2. The molecule has 0 amide bonds. The predicted octanol–water partition coefficient (Wildman–Crippen LogP) is 2.89. The van der Waals surface area contributed by atoms with Gasteiger partial charge in [-0.2, -0.15) is 5.26 Å². The Morgan fingerprint density at radius 1 is 1.46 bits per heavy atom. The van der Waals surface area contributed by atoms with E-state index < -0.39 is 5.02 Å². The van der Waals surface area contributed by atoms with Crippen LogP contribution >= 0.6 is 23.2 Å². The molecule has 2 nitrogen and oxygen atoms in total. The second-order valence-corrected chi connectivity index (χ2v) is 3.38. The maximum atomic E-state index is 8.45.